The topological polar surface area (TPSA) is 16.1 Å². The first kappa shape index (κ1) is 10.2. The molecule has 0 spiro atoms. The average molecular weight is 178 g/mol. The lowest BCUT2D eigenvalue weighted by Gasteiger charge is -2.02. The van der Waals surface area contributed by atoms with E-state index in [2.05, 4.69) is 29.1 Å². The van der Waals surface area contributed by atoms with E-state index < -0.39 is 0 Å². The first-order valence-corrected chi connectivity index (χ1v) is 4.89. The summed E-state index contributed by atoms with van der Waals surface area (Å²) in [4.78, 5) is 6.74. The maximum absolute atomic E-state index is 4.46. The van der Waals surface area contributed by atoms with Gasteiger partial charge < -0.3 is 0 Å². The third kappa shape index (κ3) is 2.28. The number of hydrogen-bond acceptors (Lipinski definition) is 2. The lowest BCUT2D eigenvalue weighted by Crippen LogP contribution is -2.07. The largest absolute Gasteiger partial charge is 0.296 e. The van der Waals surface area contributed by atoms with Crippen molar-refractivity contribution in [2.45, 2.75) is 33.9 Å². The molecule has 0 saturated carbocycles. The van der Waals surface area contributed by atoms with Gasteiger partial charge in [0.1, 0.15) is 0 Å². The molecule has 1 aliphatic rings. The van der Waals surface area contributed by atoms with Crippen LogP contribution in [0.15, 0.2) is 12.1 Å². The molecular weight excluding hydrogens is 160 g/mol. The second kappa shape index (κ2) is 4.38. The molecule has 0 aromatic carbocycles. The predicted molar refractivity (Wildman–Crippen MR) is 55.5 cm³/mol. The summed E-state index contributed by atoms with van der Waals surface area (Å²) >= 11 is 0. The van der Waals surface area contributed by atoms with Crippen LogP contribution in [-0.4, -0.2) is 16.9 Å². The minimum Gasteiger partial charge on any atom is -0.296 e. The summed E-state index contributed by atoms with van der Waals surface area (Å²) < 4.78 is 0. The lowest BCUT2D eigenvalue weighted by molar-refractivity contribution is 0.351. The molecule has 0 amide bonds. The quantitative estimate of drug-likeness (QED) is 0.606. The minimum atomic E-state index is 1.01. The Labute approximate surface area is 80.6 Å². The Balaban J connectivity index is 0.000000396. The van der Waals surface area contributed by atoms with Crippen molar-refractivity contribution in [3.63, 3.8) is 0 Å². The maximum Gasteiger partial charge on any atom is 0.0592 e. The Hall–Kier alpha value is -0.890. The zero-order chi connectivity index (χ0) is 9.84. The van der Waals surface area contributed by atoms with E-state index in [1.54, 1.807) is 0 Å². The smallest absolute Gasteiger partial charge is 0.0592 e. The zero-order valence-electron chi connectivity index (χ0n) is 8.96. The van der Waals surface area contributed by atoms with Gasteiger partial charge in [0.05, 0.1) is 5.69 Å². The van der Waals surface area contributed by atoms with Crippen LogP contribution in [0, 0.1) is 6.92 Å². The Bertz CT molecular complexity index is 281. The van der Waals surface area contributed by atoms with Gasteiger partial charge in [-0.05, 0) is 25.6 Å². The van der Waals surface area contributed by atoms with Crippen LogP contribution in [0.4, 0.5) is 0 Å². The van der Waals surface area contributed by atoms with Crippen LogP contribution in [0.3, 0.4) is 0 Å². The molecule has 2 heteroatoms. The van der Waals surface area contributed by atoms with Crippen LogP contribution in [0.2, 0.25) is 0 Å². The van der Waals surface area contributed by atoms with Crippen molar-refractivity contribution in [1.82, 2.24) is 9.88 Å². The van der Waals surface area contributed by atoms with Crippen LogP contribution in [0.5, 0.6) is 0 Å². The van der Waals surface area contributed by atoms with E-state index in [9.17, 15) is 0 Å². The van der Waals surface area contributed by atoms with E-state index in [1.807, 2.05) is 20.8 Å². The fourth-order valence-corrected chi connectivity index (χ4v) is 1.52. The fourth-order valence-electron chi connectivity index (χ4n) is 1.52. The summed E-state index contributed by atoms with van der Waals surface area (Å²) in [7, 11) is 2.12. The highest BCUT2D eigenvalue weighted by Crippen LogP contribution is 2.18. The zero-order valence-corrected chi connectivity index (χ0v) is 8.96. The van der Waals surface area contributed by atoms with Crippen molar-refractivity contribution in [2.75, 3.05) is 7.05 Å². The van der Waals surface area contributed by atoms with E-state index in [4.69, 9.17) is 0 Å². The molecule has 0 radical (unpaired) electrons. The number of aromatic nitrogens is 1. The van der Waals surface area contributed by atoms with Crippen LogP contribution >= 0.6 is 0 Å². The predicted octanol–water partition coefficient (Wildman–Crippen LogP) is 2.36. The Morgan fingerprint density at radius 1 is 1.23 bits per heavy atom. The van der Waals surface area contributed by atoms with Crippen molar-refractivity contribution in [3.8, 4) is 0 Å². The summed E-state index contributed by atoms with van der Waals surface area (Å²) in [6.07, 6.45) is 0. The van der Waals surface area contributed by atoms with Gasteiger partial charge in [-0.15, -0.1) is 0 Å². The van der Waals surface area contributed by atoms with E-state index in [0.29, 0.717) is 0 Å². The van der Waals surface area contributed by atoms with Crippen molar-refractivity contribution in [2.24, 2.45) is 0 Å². The highest BCUT2D eigenvalue weighted by molar-refractivity contribution is 5.25. The summed E-state index contributed by atoms with van der Waals surface area (Å²) in [5.74, 6) is 0. The molecule has 1 aromatic heterocycles. The Morgan fingerprint density at radius 3 is 2.62 bits per heavy atom. The molecule has 0 fully saturated rings. The lowest BCUT2D eigenvalue weighted by atomic mass is 10.2. The molecule has 72 valence electrons. The number of pyridine rings is 1. The minimum absolute atomic E-state index is 1.01. The summed E-state index contributed by atoms with van der Waals surface area (Å²) in [5, 5.41) is 0. The highest BCUT2D eigenvalue weighted by Gasteiger charge is 2.15. The molecule has 0 N–H and O–H groups in total. The standard InChI is InChI=1S/C9H12N2.C2H6/c1-7-3-4-8-5-11(2)6-9(8)10-7;1-2/h3-4H,5-6H2,1-2H3;1-2H3. The van der Waals surface area contributed by atoms with Gasteiger partial charge in [-0.25, -0.2) is 0 Å². The van der Waals surface area contributed by atoms with Crippen molar-refractivity contribution in [1.29, 1.82) is 0 Å². The van der Waals surface area contributed by atoms with E-state index in [0.717, 1.165) is 18.8 Å². The second-order valence-corrected chi connectivity index (χ2v) is 3.23. The first-order chi connectivity index (χ1) is 6.25. The summed E-state index contributed by atoms with van der Waals surface area (Å²) in [5.41, 5.74) is 3.77. The first-order valence-electron chi connectivity index (χ1n) is 4.89. The SMILES string of the molecule is CC.Cc1ccc2c(n1)CN(C)C2. The average Bonchev–Trinajstić information content (AvgIpc) is 2.48. The molecule has 1 aromatic rings. The van der Waals surface area contributed by atoms with Crippen LogP contribution in [-0.2, 0) is 13.1 Å². The van der Waals surface area contributed by atoms with Gasteiger partial charge in [0.15, 0.2) is 0 Å². The normalized spacial score (nSPS) is 14.8. The number of rotatable bonds is 0. The number of nitrogens with zero attached hydrogens (tertiary/aromatic N) is 2. The third-order valence-electron chi connectivity index (χ3n) is 2.07. The molecule has 0 aliphatic carbocycles. The molecule has 2 rings (SSSR count). The second-order valence-electron chi connectivity index (χ2n) is 3.23. The van der Waals surface area contributed by atoms with Gasteiger partial charge in [0.25, 0.3) is 0 Å². The van der Waals surface area contributed by atoms with Gasteiger partial charge in [0.2, 0.25) is 0 Å². The van der Waals surface area contributed by atoms with Gasteiger partial charge in [-0.3, -0.25) is 9.88 Å². The maximum atomic E-state index is 4.46. The third-order valence-corrected chi connectivity index (χ3v) is 2.07. The van der Waals surface area contributed by atoms with E-state index >= 15 is 0 Å². The molecule has 0 atom stereocenters. The molecule has 0 bridgehead atoms. The number of fused-ring (bicyclic) bond motifs is 1. The molecular formula is C11H18N2. The van der Waals surface area contributed by atoms with Crippen molar-refractivity contribution < 1.29 is 0 Å². The van der Waals surface area contributed by atoms with Crippen LogP contribution in [0.1, 0.15) is 30.8 Å². The van der Waals surface area contributed by atoms with E-state index in [1.165, 1.54) is 11.3 Å². The van der Waals surface area contributed by atoms with Crippen LogP contribution < -0.4 is 0 Å². The Kier molecular flexibility index (Phi) is 3.43. The molecule has 1 aliphatic heterocycles. The van der Waals surface area contributed by atoms with Gasteiger partial charge in [0, 0.05) is 18.8 Å². The monoisotopic (exact) mass is 178 g/mol. The fraction of sp³-hybridized carbons (Fsp3) is 0.545. The summed E-state index contributed by atoms with van der Waals surface area (Å²) in [6.45, 7) is 8.11. The van der Waals surface area contributed by atoms with Gasteiger partial charge in [-0.2, -0.15) is 0 Å². The van der Waals surface area contributed by atoms with E-state index in [-0.39, 0.29) is 0 Å². The van der Waals surface area contributed by atoms with Gasteiger partial charge in [-0.1, -0.05) is 19.9 Å². The van der Waals surface area contributed by atoms with Gasteiger partial charge >= 0.3 is 0 Å². The molecule has 2 heterocycles. The highest BCUT2D eigenvalue weighted by atomic mass is 15.1. The summed E-state index contributed by atoms with van der Waals surface area (Å²) in [6, 6.07) is 4.26. The Morgan fingerprint density at radius 2 is 1.92 bits per heavy atom. The molecule has 2 nitrogen and oxygen atoms in total. The molecule has 13 heavy (non-hydrogen) atoms. The number of hydrogen-bond donors (Lipinski definition) is 0. The van der Waals surface area contributed by atoms with Crippen LogP contribution in [0.25, 0.3) is 0 Å². The molecule has 0 saturated heterocycles. The molecule has 0 unspecified atom stereocenters. The van der Waals surface area contributed by atoms with Crippen molar-refractivity contribution >= 4 is 0 Å². The van der Waals surface area contributed by atoms with Crippen molar-refractivity contribution in [3.05, 3.63) is 29.1 Å². The number of aryl methyl sites for hydroxylation is 1.